The zero-order chi connectivity index (χ0) is 6.69. The SMILES string of the molecule is CSc1ccc([S-])cc1. The molecule has 0 spiro atoms. The van der Waals surface area contributed by atoms with Gasteiger partial charge >= 0.3 is 0 Å². The summed E-state index contributed by atoms with van der Waals surface area (Å²) in [6, 6.07) is 7.96. The predicted octanol–water partition coefficient (Wildman–Crippen LogP) is 2.31. The Hall–Kier alpha value is -0.210. The monoisotopic (exact) mass is 155 g/mol. The molecule has 0 nitrogen and oxygen atoms in total. The van der Waals surface area contributed by atoms with E-state index < -0.39 is 0 Å². The van der Waals surface area contributed by atoms with Crippen LogP contribution in [0, 0.1) is 0 Å². The molecule has 9 heavy (non-hydrogen) atoms. The molecule has 0 saturated heterocycles. The van der Waals surface area contributed by atoms with Crippen molar-refractivity contribution in [1.29, 1.82) is 0 Å². The van der Waals surface area contributed by atoms with Crippen LogP contribution >= 0.6 is 11.8 Å². The first-order valence-corrected chi connectivity index (χ1v) is 4.27. The highest BCUT2D eigenvalue weighted by Crippen LogP contribution is 2.13. The number of benzene rings is 1. The molecule has 0 aliphatic rings. The van der Waals surface area contributed by atoms with Crippen LogP contribution in [0.15, 0.2) is 34.1 Å². The standard InChI is InChI=1S/C7H8S2/c1-9-7-4-2-6(8)3-5-7/h2-5,8H,1H3/p-1. The summed E-state index contributed by atoms with van der Waals surface area (Å²) in [5, 5.41) is 0. The van der Waals surface area contributed by atoms with E-state index in [4.69, 9.17) is 12.6 Å². The van der Waals surface area contributed by atoms with E-state index in [-0.39, 0.29) is 0 Å². The zero-order valence-electron chi connectivity index (χ0n) is 5.13. The lowest BCUT2D eigenvalue weighted by Crippen LogP contribution is -1.69. The third kappa shape index (κ3) is 1.88. The van der Waals surface area contributed by atoms with Gasteiger partial charge in [0, 0.05) is 4.90 Å². The van der Waals surface area contributed by atoms with E-state index in [0.717, 1.165) is 4.90 Å². The molecule has 0 fully saturated rings. The highest BCUT2D eigenvalue weighted by Gasteiger charge is 1.81. The van der Waals surface area contributed by atoms with Gasteiger partial charge in [-0.3, -0.25) is 0 Å². The van der Waals surface area contributed by atoms with Crippen LogP contribution in [0.5, 0.6) is 0 Å². The summed E-state index contributed by atoms with van der Waals surface area (Å²) >= 11 is 6.64. The maximum Gasteiger partial charge on any atom is 0.00680 e. The molecule has 48 valence electrons. The van der Waals surface area contributed by atoms with Crippen LogP contribution in [0.4, 0.5) is 0 Å². The van der Waals surface area contributed by atoms with Crippen LogP contribution in [0.2, 0.25) is 0 Å². The van der Waals surface area contributed by atoms with Crippen LogP contribution < -0.4 is 0 Å². The van der Waals surface area contributed by atoms with E-state index in [2.05, 4.69) is 6.26 Å². The van der Waals surface area contributed by atoms with Crippen molar-refractivity contribution in [2.45, 2.75) is 9.79 Å². The highest BCUT2D eigenvalue weighted by atomic mass is 32.2. The third-order valence-corrected chi connectivity index (χ3v) is 2.08. The number of hydrogen-bond donors (Lipinski definition) is 0. The maximum atomic E-state index is 4.91. The molecule has 1 rings (SSSR count). The van der Waals surface area contributed by atoms with E-state index in [9.17, 15) is 0 Å². The average molecular weight is 155 g/mol. The van der Waals surface area contributed by atoms with Gasteiger partial charge in [-0.1, -0.05) is 24.3 Å². The van der Waals surface area contributed by atoms with Crippen molar-refractivity contribution in [2.24, 2.45) is 0 Å². The van der Waals surface area contributed by atoms with Gasteiger partial charge in [-0.25, -0.2) is 0 Å². The summed E-state index contributed by atoms with van der Waals surface area (Å²) in [7, 11) is 0. The van der Waals surface area contributed by atoms with Crippen molar-refractivity contribution in [2.75, 3.05) is 6.26 Å². The third-order valence-electron chi connectivity index (χ3n) is 1.06. The minimum Gasteiger partial charge on any atom is -0.780 e. The normalized spacial score (nSPS) is 9.44. The van der Waals surface area contributed by atoms with Crippen molar-refractivity contribution < 1.29 is 0 Å². The molecule has 0 unspecified atom stereocenters. The van der Waals surface area contributed by atoms with E-state index >= 15 is 0 Å². The van der Waals surface area contributed by atoms with Gasteiger partial charge < -0.3 is 12.6 Å². The minimum absolute atomic E-state index is 0.910. The molecule has 2 heteroatoms. The van der Waals surface area contributed by atoms with Crippen LogP contribution in [-0.2, 0) is 12.6 Å². The topological polar surface area (TPSA) is 0 Å². The Morgan fingerprint density at radius 2 is 1.78 bits per heavy atom. The summed E-state index contributed by atoms with van der Waals surface area (Å²) in [6.07, 6.45) is 2.05. The van der Waals surface area contributed by atoms with Gasteiger partial charge in [0.2, 0.25) is 0 Å². The molecule has 0 atom stereocenters. The molecule has 0 bridgehead atoms. The van der Waals surface area contributed by atoms with E-state index in [1.807, 2.05) is 24.3 Å². The smallest absolute Gasteiger partial charge is 0.00680 e. The minimum atomic E-state index is 0.910. The summed E-state index contributed by atoms with van der Waals surface area (Å²) < 4.78 is 0. The Balaban J connectivity index is 2.88. The Morgan fingerprint density at radius 3 is 2.22 bits per heavy atom. The molecule has 0 amide bonds. The lowest BCUT2D eigenvalue weighted by molar-refractivity contribution is 1.36. The predicted molar refractivity (Wildman–Crippen MR) is 43.9 cm³/mol. The van der Waals surface area contributed by atoms with Crippen molar-refractivity contribution in [3.05, 3.63) is 24.3 Å². The highest BCUT2D eigenvalue weighted by molar-refractivity contribution is 7.98. The molecule has 0 radical (unpaired) electrons. The Morgan fingerprint density at radius 1 is 1.22 bits per heavy atom. The molecule has 0 aromatic heterocycles. The van der Waals surface area contributed by atoms with Crippen molar-refractivity contribution >= 4 is 24.4 Å². The van der Waals surface area contributed by atoms with Crippen molar-refractivity contribution in [1.82, 2.24) is 0 Å². The van der Waals surface area contributed by atoms with Crippen LogP contribution in [0.25, 0.3) is 0 Å². The molecular weight excluding hydrogens is 148 g/mol. The molecular formula is C7H7S2-. The van der Waals surface area contributed by atoms with Gasteiger partial charge in [-0.15, -0.1) is 11.8 Å². The number of hydrogen-bond acceptors (Lipinski definition) is 2. The first kappa shape index (κ1) is 6.90. The van der Waals surface area contributed by atoms with E-state index in [1.54, 1.807) is 11.8 Å². The molecule has 0 heterocycles. The fourth-order valence-corrected chi connectivity index (χ4v) is 1.12. The fourth-order valence-electron chi connectivity index (χ4n) is 0.576. The number of rotatable bonds is 1. The Labute approximate surface area is 65.1 Å². The molecule has 1 aromatic rings. The Bertz CT molecular complexity index is 179. The summed E-state index contributed by atoms with van der Waals surface area (Å²) in [4.78, 5) is 2.18. The van der Waals surface area contributed by atoms with Crippen molar-refractivity contribution in [3.8, 4) is 0 Å². The van der Waals surface area contributed by atoms with Gasteiger partial charge in [0.25, 0.3) is 0 Å². The van der Waals surface area contributed by atoms with Gasteiger partial charge in [0.1, 0.15) is 0 Å². The summed E-state index contributed by atoms with van der Waals surface area (Å²) in [5.41, 5.74) is 0. The van der Waals surface area contributed by atoms with Gasteiger partial charge in [-0.2, -0.15) is 4.90 Å². The van der Waals surface area contributed by atoms with E-state index in [0.29, 0.717) is 0 Å². The first-order chi connectivity index (χ1) is 4.33. The molecule has 1 aromatic carbocycles. The average Bonchev–Trinajstić information content (AvgIpc) is 1.90. The Kier molecular flexibility index (Phi) is 2.37. The largest absolute Gasteiger partial charge is 0.780 e. The van der Waals surface area contributed by atoms with Gasteiger partial charge in [0.15, 0.2) is 0 Å². The summed E-state index contributed by atoms with van der Waals surface area (Å²) in [5.74, 6) is 0. The van der Waals surface area contributed by atoms with Crippen LogP contribution in [0.1, 0.15) is 0 Å². The quantitative estimate of drug-likeness (QED) is 0.451. The molecule has 0 saturated carbocycles. The molecule has 0 aliphatic carbocycles. The lowest BCUT2D eigenvalue weighted by atomic mass is 10.4. The molecule has 0 aliphatic heterocycles. The molecule has 0 N–H and O–H groups in total. The first-order valence-electron chi connectivity index (χ1n) is 2.64. The van der Waals surface area contributed by atoms with Gasteiger partial charge in [-0.05, 0) is 6.26 Å². The zero-order valence-corrected chi connectivity index (χ0v) is 6.76. The second-order valence-electron chi connectivity index (χ2n) is 1.68. The second kappa shape index (κ2) is 3.08. The number of thioether (sulfide) groups is 1. The van der Waals surface area contributed by atoms with Crippen LogP contribution in [-0.4, -0.2) is 6.26 Å². The fraction of sp³-hybridized carbons (Fsp3) is 0.143. The lowest BCUT2D eigenvalue weighted by Gasteiger charge is -2.03. The van der Waals surface area contributed by atoms with Crippen LogP contribution in [0.3, 0.4) is 0 Å². The van der Waals surface area contributed by atoms with Gasteiger partial charge in [0.05, 0.1) is 0 Å². The van der Waals surface area contributed by atoms with Crippen molar-refractivity contribution in [3.63, 3.8) is 0 Å². The van der Waals surface area contributed by atoms with E-state index in [1.165, 1.54) is 4.90 Å². The summed E-state index contributed by atoms with van der Waals surface area (Å²) in [6.45, 7) is 0. The second-order valence-corrected chi connectivity index (χ2v) is 3.03. The maximum absolute atomic E-state index is 4.91.